The second kappa shape index (κ2) is 5.19. The van der Waals surface area contributed by atoms with Gasteiger partial charge in [0.2, 0.25) is 0 Å². The van der Waals surface area contributed by atoms with Gasteiger partial charge in [-0.15, -0.1) is 0 Å². The zero-order chi connectivity index (χ0) is 14.2. The van der Waals surface area contributed by atoms with E-state index in [-0.39, 0.29) is 0 Å². The lowest BCUT2D eigenvalue weighted by Gasteiger charge is -2.12. The van der Waals surface area contributed by atoms with Crippen molar-refractivity contribution in [2.45, 2.75) is 52.9 Å². The molecule has 0 fully saturated rings. The molecule has 4 heteroatoms. The molecule has 1 atom stereocenters. The molecule has 0 aliphatic carbocycles. The Balaban J connectivity index is 2.18. The van der Waals surface area contributed by atoms with E-state index in [4.69, 9.17) is 0 Å². The Labute approximate surface area is 115 Å². The van der Waals surface area contributed by atoms with Crippen LogP contribution in [0.3, 0.4) is 0 Å². The molecule has 0 radical (unpaired) electrons. The van der Waals surface area contributed by atoms with Gasteiger partial charge in [-0.3, -0.25) is 0 Å². The van der Waals surface area contributed by atoms with Crippen LogP contribution in [0.15, 0.2) is 6.20 Å². The van der Waals surface area contributed by atoms with E-state index in [9.17, 15) is 0 Å². The summed E-state index contributed by atoms with van der Waals surface area (Å²) in [6, 6.07) is 0. The maximum Gasteiger partial charge on any atom is 0.108 e. The Hall–Kier alpha value is -1.58. The molecule has 0 bridgehead atoms. The van der Waals surface area contributed by atoms with Gasteiger partial charge >= 0.3 is 0 Å². The van der Waals surface area contributed by atoms with Gasteiger partial charge in [0.05, 0.1) is 11.4 Å². The molecule has 0 spiro atoms. The summed E-state index contributed by atoms with van der Waals surface area (Å²) in [5.41, 5.74) is 3.58. The van der Waals surface area contributed by atoms with Gasteiger partial charge in [0.1, 0.15) is 11.6 Å². The zero-order valence-corrected chi connectivity index (χ0v) is 12.8. The van der Waals surface area contributed by atoms with Gasteiger partial charge in [-0.2, -0.15) is 0 Å². The van der Waals surface area contributed by atoms with Crippen molar-refractivity contribution >= 4 is 0 Å². The van der Waals surface area contributed by atoms with Gasteiger partial charge in [0.25, 0.3) is 0 Å². The van der Waals surface area contributed by atoms with Crippen LogP contribution >= 0.6 is 0 Å². The summed E-state index contributed by atoms with van der Waals surface area (Å²) in [6.07, 6.45) is 2.98. The number of imidazole rings is 2. The highest BCUT2D eigenvalue weighted by Crippen LogP contribution is 2.24. The molecule has 4 nitrogen and oxygen atoms in total. The van der Waals surface area contributed by atoms with Gasteiger partial charge < -0.3 is 9.55 Å². The summed E-state index contributed by atoms with van der Waals surface area (Å²) in [7, 11) is 2.09. The monoisotopic (exact) mass is 260 g/mol. The number of nitrogens with zero attached hydrogens (tertiary/aromatic N) is 3. The third-order valence-electron chi connectivity index (χ3n) is 3.73. The first-order valence-corrected chi connectivity index (χ1v) is 6.94. The van der Waals surface area contributed by atoms with Gasteiger partial charge in [0, 0.05) is 30.8 Å². The SMILES string of the molecule is Cc1nc(C)n(C)c1C(C)Cc1c[nH]c(C(C)C)n1. The average Bonchev–Trinajstić information content (AvgIpc) is 2.85. The molecule has 2 rings (SSSR count). The smallest absolute Gasteiger partial charge is 0.108 e. The lowest BCUT2D eigenvalue weighted by Crippen LogP contribution is -2.07. The predicted molar refractivity (Wildman–Crippen MR) is 77.5 cm³/mol. The minimum atomic E-state index is 0.425. The Bertz CT molecular complexity index is 563. The standard InChI is InChI=1S/C15H24N4/c1-9(2)15-16-8-13(18-15)7-10(3)14-11(4)17-12(5)19(14)6/h8-10H,7H2,1-6H3,(H,16,18). The number of aryl methyl sites for hydroxylation is 2. The first-order valence-electron chi connectivity index (χ1n) is 6.94. The minimum Gasteiger partial charge on any atom is -0.348 e. The zero-order valence-electron chi connectivity index (χ0n) is 12.8. The Morgan fingerprint density at radius 1 is 1.21 bits per heavy atom. The van der Waals surface area contributed by atoms with Crippen molar-refractivity contribution in [2.24, 2.45) is 7.05 Å². The molecule has 0 amide bonds. The van der Waals surface area contributed by atoms with Crippen LogP contribution in [-0.2, 0) is 13.5 Å². The molecule has 0 aliphatic rings. The molecule has 104 valence electrons. The third kappa shape index (κ3) is 2.72. The largest absolute Gasteiger partial charge is 0.348 e. The normalized spacial score (nSPS) is 13.2. The van der Waals surface area contributed by atoms with Crippen LogP contribution in [0, 0.1) is 13.8 Å². The summed E-state index contributed by atoms with van der Waals surface area (Å²) >= 11 is 0. The molecule has 2 aromatic heterocycles. The molecule has 2 heterocycles. The third-order valence-corrected chi connectivity index (χ3v) is 3.73. The van der Waals surface area contributed by atoms with E-state index in [0.29, 0.717) is 11.8 Å². The van der Waals surface area contributed by atoms with Crippen molar-refractivity contribution in [3.63, 3.8) is 0 Å². The Morgan fingerprint density at radius 3 is 2.37 bits per heavy atom. The molecule has 0 aliphatic heterocycles. The predicted octanol–water partition coefficient (Wildman–Crippen LogP) is 3.23. The molecule has 0 aromatic carbocycles. The van der Waals surface area contributed by atoms with E-state index in [1.54, 1.807) is 0 Å². The van der Waals surface area contributed by atoms with E-state index in [1.807, 2.05) is 6.20 Å². The van der Waals surface area contributed by atoms with Crippen molar-refractivity contribution in [3.05, 3.63) is 34.9 Å². The number of hydrogen-bond acceptors (Lipinski definition) is 2. The maximum absolute atomic E-state index is 4.66. The molecule has 1 N–H and O–H groups in total. The number of H-pyrrole nitrogens is 1. The van der Waals surface area contributed by atoms with Gasteiger partial charge in [-0.05, 0) is 20.3 Å². The average molecular weight is 260 g/mol. The molecular weight excluding hydrogens is 236 g/mol. The molecule has 0 saturated carbocycles. The van der Waals surface area contributed by atoms with Crippen molar-refractivity contribution in [3.8, 4) is 0 Å². The van der Waals surface area contributed by atoms with E-state index in [1.165, 1.54) is 5.69 Å². The molecule has 1 unspecified atom stereocenters. The van der Waals surface area contributed by atoms with Gasteiger partial charge in [-0.1, -0.05) is 20.8 Å². The van der Waals surface area contributed by atoms with Crippen LogP contribution in [0.2, 0.25) is 0 Å². The van der Waals surface area contributed by atoms with Crippen LogP contribution in [0.1, 0.15) is 61.3 Å². The fraction of sp³-hybridized carbons (Fsp3) is 0.600. The fourth-order valence-corrected chi connectivity index (χ4v) is 2.67. The minimum absolute atomic E-state index is 0.425. The van der Waals surface area contributed by atoms with Crippen LogP contribution in [0.5, 0.6) is 0 Å². The summed E-state index contributed by atoms with van der Waals surface area (Å²) in [5.74, 6) is 3.02. The fourth-order valence-electron chi connectivity index (χ4n) is 2.67. The van der Waals surface area contributed by atoms with E-state index < -0.39 is 0 Å². The number of aromatic nitrogens is 4. The Morgan fingerprint density at radius 2 is 1.89 bits per heavy atom. The molecule has 2 aromatic rings. The van der Waals surface area contributed by atoms with Crippen molar-refractivity contribution in [1.29, 1.82) is 0 Å². The highest BCUT2D eigenvalue weighted by Gasteiger charge is 2.17. The molecular formula is C15H24N4. The summed E-state index contributed by atoms with van der Waals surface area (Å²) in [4.78, 5) is 12.5. The van der Waals surface area contributed by atoms with Gasteiger partial charge in [-0.25, -0.2) is 9.97 Å². The van der Waals surface area contributed by atoms with Crippen molar-refractivity contribution in [1.82, 2.24) is 19.5 Å². The molecule has 0 saturated heterocycles. The highest BCUT2D eigenvalue weighted by atomic mass is 15.1. The van der Waals surface area contributed by atoms with Gasteiger partial charge in [0.15, 0.2) is 0 Å². The topological polar surface area (TPSA) is 46.5 Å². The number of hydrogen-bond donors (Lipinski definition) is 1. The van der Waals surface area contributed by atoms with Crippen LogP contribution < -0.4 is 0 Å². The van der Waals surface area contributed by atoms with E-state index in [0.717, 1.165) is 29.5 Å². The number of nitrogens with one attached hydrogen (secondary N) is 1. The van der Waals surface area contributed by atoms with Crippen LogP contribution in [-0.4, -0.2) is 19.5 Å². The van der Waals surface area contributed by atoms with E-state index >= 15 is 0 Å². The van der Waals surface area contributed by atoms with Crippen molar-refractivity contribution in [2.75, 3.05) is 0 Å². The Kier molecular flexibility index (Phi) is 3.78. The lowest BCUT2D eigenvalue weighted by atomic mass is 10.0. The summed E-state index contributed by atoms with van der Waals surface area (Å²) in [5, 5.41) is 0. The summed E-state index contributed by atoms with van der Waals surface area (Å²) in [6.45, 7) is 10.7. The second-order valence-electron chi connectivity index (χ2n) is 5.73. The quantitative estimate of drug-likeness (QED) is 0.917. The van der Waals surface area contributed by atoms with Crippen molar-refractivity contribution < 1.29 is 0 Å². The first kappa shape index (κ1) is 13.8. The highest BCUT2D eigenvalue weighted by molar-refractivity contribution is 5.21. The number of aromatic amines is 1. The maximum atomic E-state index is 4.66. The second-order valence-corrected chi connectivity index (χ2v) is 5.73. The van der Waals surface area contributed by atoms with Crippen LogP contribution in [0.25, 0.3) is 0 Å². The van der Waals surface area contributed by atoms with E-state index in [2.05, 4.69) is 61.2 Å². The molecule has 19 heavy (non-hydrogen) atoms. The van der Waals surface area contributed by atoms with Crippen LogP contribution in [0.4, 0.5) is 0 Å². The number of rotatable bonds is 4. The first-order chi connectivity index (χ1) is 8.90. The lowest BCUT2D eigenvalue weighted by molar-refractivity contribution is 0.659. The summed E-state index contributed by atoms with van der Waals surface area (Å²) < 4.78 is 2.19.